The van der Waals surface area contributed by atoms with Crippen LogP contribution in [0.2, 0.25) is 0 Å². The SMILES string of the molecule is CCN(CC)CCO[C@@H]1[C@H]2OC(C)(C)O[C@H]2O[C@@H]1[C@H]1COC(C)(C)O1. The predicted octanol–water partition coefficient (Wildman–Crippen LogP) is 1.74. The number of ether oxygens (including phenoxy) is 6. The van der Waals surface area contributed by atoms with Gasteiger partial charge in [0, 0.05) is 6.54 Å². The van der Waals surface area contributed by atoms with Gasteiger partial charge in [0.15, 0.2) is 17.9 Å². The molecule has 0 amide bonds. The number of fused-ring (bicyclic) bond motifs is 1. The number of likely N-dealkylation sites (N-methyl/N-ethyl adjacent to an activating group) is 1. The maximum Gasteiger partial charge on any atom is 0.190 e. The van der Waals surface area contributed by atoms with E-state index in [0.717, 1.165) is 19.6 Å². The quantitative estimate of drug-likeness (QED) is 0.686. The average Bonchev–Trinajstić information content (AvgIpc) is 3.13. The lowest BCUT2D eigenvalue weighted by molar-refractivity contribution is -0.236. The summed E-state index contributed by atoms with van der Waals surface area (Å²) >= 11 is 0. The minimum absolute atomic E-state index is 0.186. The van der Waals surface area contributed by atoms with Gasteiger partial charge in [-0.1, -0.05) is 13.8 Å². The summed E-state index contributed by atoms with van der Waals surface area (Å²) in [6.45, 7) is 15.9. The molecule has 146 valence electrons. The Balaban J connectivity index is 1.65. The number of rotatable bonds is 7. The summed E-state index contributed by atoms with van der Waals surface area (Å²) in [6.07, 6.45) is -1.35. The Kier molecular flexibility index (Phi) is 5.75. The smallest absolute Gasteiger partial charge is 0.190 e. The fourth-order valence-corrected chi connectivity index (χ4v) is 3.73. The van der Waals surface area contributed by atoms with E-state index in [2.05, 4.69) is 18.7 Å². The van der Waals surface area contributed by atoms with Gasteiger partial charge in [-0.05, 0) is 40.8 Å². The molecule has 0 unspecified atom stereocenters. The van der Waals surface area contributed by atoms with Crippen LogP contribution < -0.4 is 0 Å². The lowest BCUT2D eigenvalue weighted by atomic mass is 10.1. The van der Waals surface area contributed by atoms with Crippen LogP contribution in [0.15, 0.2) is 0 Å². The van der Waals surface area contributed by atoms with Crippen molar-refractivity contribution in [2.45, 2.75) is 83.8 Å². The first kappa shape index (κ1) is 19.5. The molecule has 3 heterocycles. The van der Waals surface area contributed by atoms with Gasteiger partial charge in [0.2, 0.25) is 0 Å². The summed E-state index contributed by atoms with van der Waals surface area (Å²) in [4.78, 5) is 2.33. The van der Waals surface area contributed by atoms with E-state index in [-0.39, 0.29) is 24.4 Å². The molecule has 0 saturated carbocycles. The zero-order chi connectivity index (χ0) is 18.2. The van der Waals surface area contributed by atoms with Crippen LogP contribution in [0, 0.1) is 0 Å². The Labute approximate surface area is 150 Å². The van der Waals surface area contributed by atoms with Gasteiger partial charge >= 0.3 is 0 Å². The molecule has 0 N–H and O–H groups in total. The minimum Gasteiger partial charge on any atom is -0.371 e. The number of hydrogen-bond donors (Lipinski definition) is 0. The van der Waals surface area contributed by atoms with Crippen LogP contribution >= 0.6 is 0 Å². The van der Waals surface area contributed by atoms with Gasteiger partial charge in [0.1, 0.15) is 24.4 Å². The Morgan fingerprint density at radius 1 is 0.960 bits per heavy atom. The highest BCUT2D eigenvalue weighted by Gasteiger charge is 2.58. The molecule has 0 spiro atoms. The summed E-state index contributed by atoms with van der Waals surface area (Å²) in [7, 11) is 0. The summed E-state index contributed by atoms with van der Waals surface area (Å²) in [6, 6.07) is 0. The second-order valence-electron chi connectivity index (χ2n) is 7.80. The maximum atomic E-state index is 6.23. The molecular weight excluding hydrogens is 326 g/mol. The summed E-state index contributed by atoms with van der Waals surface area (Å²) in [5.74, 6) is -1.26. The molecule has 3 saturated heterocycles. The first-order valence-electron chi connectivity index (χ1n) is 9.41. The van der Waals surface area contributed by atoms with Crippen molar-refractivity contribution in [1.82, 2.24) is 4.90 Å². The molecule has 0 aromatic carbocycles. The third kappa shape index (κ3) is 4.35. The van der Waals surface area contributed by atoms with Crippen LogP contribution in [0.25, 0.3) is 0 Å². The van der Waals surface area contributed by atoms with Gasteiger partial charge in [-0.15, -0.1) is 0 Å². The molecule has 7 heteroatoms. The Morgan fingerprint density at radius 2 is 1.68 bits per heavy atom. The molecule has 0 bridgehead atoms. The Hall–Kier alpha value is -0.280. The third-order valence-electron chi connectivity index (χ3n) is 5.04. The normalized spacial score (nSPS) is 39.2. The minimum atomic E-state index is -0.660. The van der Waals surface area contributed by atoms with E-state index >= 15 is 0 Å². The fourth-order valence-electron chi connectivity index (χ4n) is 3.73. The molecule has 7 nitrogen and oxygen atoms in total. The van der Waals surface area contributed by atoms with Crippen molar-refractivity contribution in [3.05, 3.63) is 0 Å². The molecule has 3 fully saturated rings. The number of hydrogen-bond acceptors (Lipinski definition) is 7. The highest BCUT2D eigenvalue weighted by molar-refractivity contribution is 4.98. The molecular formula is C18H33NO6. The van der Waals surface area contributed by atoms with Gasteiger partial charge in [0.05, 0.1) is 13.2 Å². The second kappa shape index (κ2) is 7.38. The number of nitrogens with zero attached hydrogens (tertiary/aromatic N) is 1. The van der Waals surface area contributed by atoms with Crippen LogP contribution in [0.4, 0.5) is 0 Å². The lowest BCUT2D eigenvalue weighted by Crippen LogP contribution is -2.45. The van der Waals surface area contributed by atoms with Crippen molar-refractivity contribution in [3.8, 4) is 0 Å². The van der Waals surface area contributed by atoms with Crippen LogP contribution in [0.3, 0.4) is 0 Å². The van der Waals surface area contributed by atoms with Crippen LogP contribution in [0.1, 0.15) is 41.5 Å². The lowest BCUT2D eigenvalue weighted by Gasteiger charge is -2.29. The monoisotopic (exact) mass is 359 g/mol. The van der Waals surface area contributed by atoms with E-state index < -0.39 is 17.9 Å². The second-order valence-corrected chi connectivity index (χ2v) is 7.80. The Morgan fingerprint density at radius 3 is 2.28 bits per heavy atom. The first-order valence-corrected chi connectivity index (χ1v) is 9.41. The van der Waals surface area contributed by atoms with Crippen molar-refractivity contribution >= 4 is 0 Å². The van der Waals surface area contributed by atoms with Crippen molar-refractivity contribution in [3.63, 3.8) is 0 Å². The van der Waals surface area contributed by atoms with E-state index in [9.17, 15) is 0 Å². The highest BCUT2D eigenvalue weighted by atomic mass is 16.8. The molecule has 5 atom stereocenters. The van der Waals surface area contributed by atoms with E-state index in [1.165, 1.54) is 0 Å². The molecule has 0 aromatic rings. The summed E-state index contributed by atoms with van der Waals surface area (Å²) < 4.78 is 36.0. The van der Waals surface area contributed by atoms with Crippen LogP contribution in [-0.2, 0) is 28.4 Å². The van der Waals surface area contributed by atoms with Gasteiger partial charge in [0.25, 0.3) is 0 Å². The first-order chi connectivity index (χ1) is 11.7. The standard InChI is InChI=1S/C18H33NO6/c1-7-19(8-2)9-10-20-14-13(12-11-21-17(3,4)23-12)22-16-15(14)24-18(5,6)25-16/h12-16H,7-11H2,1-6H3/t12-,13-,14+,15-,16-/m1/s1. The van der Waals surface area contributed by atoms with Gasteiger partial charge < -0.3 is 33.3 Å². The topological polar surface area (TPSA) is 58.6 Å². The van der Waals surface area contributed by atoms with E-state index in [0.29, 0.717) is 13.2 Å². The predicted molar refractivity (Wildman–Crippen MR) is 91.1 cm³/mol. The molecule has 25 heavy (non-hydrogen) atoms. The van der Waals surface area contributed by atoms with E-state index in [1.54, 1.807) is 0 Å². The van der Waals surface area contributed by atoms with Crippen molar-refractivity contribution in [2.75, 3.05) is 32.8 Å². The maximum absolute atomic E-state index is 6.23. The third-order valence-corrected chi connectivity index (χ3v) is 5.04. The molecule has 3 aliphatic heterocycles. The van der Waals surface area contributed by atoms with Gasteiger partial charge in [-0.2, -0.15) is 0 Å². The van der Waals surface area contributed by atoms with E-state index in [1.807, 2.05) is 27.7 Å². The van der Waals surface area contributed by atoms with Crippen molar-refractivity contribution in [1.29, 1.82) is 0 Å². The average molecular weight is 359 g/mol. The Bertz CT molecular complexity index is 453. The van der Waals surface area contributed by atoms with Gasteiger partial charge in [-0.3, -0.25) is 0 Å². The van der Waals surface area contributed by atoms with Gasteiger partial charge in [-0.25, -0.2) is 0 Å². The fraction of sp³-hybridized carbons (Fsp3) is 1.00. The molecule has 3 rings (SSSR count). The van der Waals surface area contributed by atoms with Crippen LogP contribution in [0.5, 0.6) is 0 Å². The molecule has 3 aliphatic rings. The molecule has 0 aliphatic carbocycles. The largest absolute Gasteiger partial charge is 0.371 e. The van der Waals surface area contributed by atoms with Crippen LogP contribution in [-0.4, -0.2) is 80.0 Å². The van der Waals surface area contributed by atoms with Crippen molar-refractivity contribution in [2.24, 2.45) is 0 Å². The highest BCUT2D eigenvalue weighted by Crippen LogP contribution is 2.41. The summed E-state index contributed by atoms with van der Waals surface area (Å²) in [5, 5.41) is 0. The zero-order valence-corrected chi connectivity index (χ0v) is 16.3. The molecule has 0 aromatic heterocycles. The molecule has 0 radical (unpaired) electrons. The van der Waals surface area contributed by atoms with Crippen molar-refractivity contribution < 1.29 is 28.4 Å². The summed E-state index contributed by atoms with van der Waals surface area (Å²) in [5.41, 5.74) is 0. The van der Waals surface area contributed by atoms with E-state index in [4.69, 9.17) is 28.4 Å². The zero-order valence-electron chi connectivity index (χ0n) is 16.3.